The van der Waals surface area contributed by atoms with E-state index in [1.807, 2.05) is 0 Å². The zero-order valence-electron chi connectivity index (χ0n) is 8.71. The van der Waals surface area contributed by atoms with Gasteiger partial charge in [0.2, 0.25) is 0 Å². The molecule has 0 saturated carbocycles. The number of hydrogen-bond acceptors (Lipinski definition) is 11. The average molecular weight is 286 g/mol. The molecule has 1 aliphatic rings. The number of nitroso groups, excluding NO2 is 1. The van der Waals surface area contributed by atoms with Crippen LogP contribution < -0.4 is 0 Å². The standard InChI is InChI=1S/C4H8N5O10/c10-6-2(7(11,12)13)1-5-3(8(14,15)16)4(6)9(17,18)19/h1-2,11-12,14-15,17-18H/q+1. The van der Waals surface area contributed by atoms with Gasteiger partial charge >= 0.3 is 17.8 Å². The number of hydrogen-bond donors (Lipinski definition) is 6. The van der Waals surface area contributed by atoms with E-state index < -0.39 is 37.5 Å². The quantitative estimate of drug-likeness (QED) is 0.201. The van der Waals surface area contributed by atoms with Crippen molar-refractivity contribution in [3.63, 3.8) is 0 Å². The molecular weight excluding hydrogens is 278 g/mol. The largest absolute Gasteiger partial charge is 0.578 e. The van der Waals surface area contributed by atoms with Gasteiger partial charge in [0.05, 0.1) is 0 Å². The highest BCUT2D eigenvalue weighted by Gasteiger charge is 2.60. The maximum atomic E-state index is 11.4. The van der Waals surface area contributed by atoms with Gasteiger partial charge in [-0.15, -0.1) is 0 Å². The summed E-state index contributed by atoms with van der Waals surface area (Å²) in [4.78, 5) is 3.63. The van der Waals surface area contributed by atoms with Crippen LogP contribution in [-0.4, -0.2) is 63.3 Å². The minimum Gasteiger partial charge on any atom is -0.559 e. The zero-order valence-corrected chi connectivity index (χ0v) is 8.71. The Kier molecular flexibility index (Phi) is 3.51. The Balaban J connectivity index is 3.45. The van der Waals surface area contributed by atoms with Gasteiger partial charge in [-0.1, -0.05) is 0 Å². The Bertz CT molecular complexity index is 450. The highest BCUT2D eigenvalue weighted by Crippen LogP contribution is 2.27. The van der Waals surface area contributed by atoms with Crippen LogP contribution in [0.5, 0.6) is 0 Å². The number of hydroxylamine groups is 9. The van der Waals surface area contributed by atoms with Gasteiger partial charge in [0.25, 0.3) is 0 Å². The van der Waals surface area contributed by atoms with Gasteiger partial charge in [-0.05, 0) is 9.95 Å². The SMILES string of the molecule is O=[N+]1C([N+]([O-])(O)O)=C([N+]([O-])(O)O)N=CC1[N+]([O-])(O)O. The Morgan fingerprint density at radius 3 is 1.84 bits per heavy atom. The molecule has 19 heavy (non-hydrogen) atoms. The van der Waals surface area contributed by atoms with Crippen molar-refractivity contribution in [1.29, 1.82) is 0 Å². The first-order valence-electron chi connectivity index (χ1n) is 4.18. The second-order valence-electron chi connectivity index (χ2n) is 3.34. The lowest BCUT2D eigenvalue weighted by Crippen LogP contribution is -2.57. The Labute approximate surface area is 102 Å². The first-order valence-corrected chi connectivity index (χ1v) is 4.18. The predicted octanol–water partition coefficient (Wildman–Crippen LogP) is -1.42. The van der Waals surface area contributed by atoms with Crippen LogP contribution in [0.1, 0.15) is 0 Å². The molecule has 0 saturated heterocycles. The third-order valence-electron chi connectivity index (χ3n) is 1.88. The van der Waals surface area contributed by atoms with E-state index in [0.717, 1.165) is 0 Å². The lowest BCUT2D eigenvalue weighted by molar-refractivity contribution is -1.28. The predicted molar refractivity (Wildman–Crippen MR) is 44.5 cm³/mol. The van der Waals surface area contributed by atoms with E-state index in [2.05, 4.69) is 4.99 Å². The van der Waals surface area contributed by atoms with Crippen LogP contribution in [0, 0.1) is 20.5 Å². The summed E-state index contributed by atoms with van der Waals surface area (Å²) >= 11 is 0. The number of quaternary nitrogens is 3. The van der Waals surface area contributed by atoms with Gasteiger partial charge in [0.15, 0.2) is 11.0 Å². The molecule has 0 amide bonds. The van der Waals surface area contributed by atoms with E-state index in [1.54, 1.807) is 0 Å². The van der Waals surface area contributed by atoms with E-state index in [4.69, 9.17) is 31.2 Å². The fourth-order valence-corrected chi connectivity index (χ4v) is 1.17. The van der Waals surface area contributed by atoms with E-state index in [-0.39, 0.29) is 6.21 Å². The summed E-state index contributed by atoms with van der Waals surface area (Å²) in [7, 11) is 0. The van der Waals surface area contributed by atoms with Crippen molar-refractivity contribution in [1.82, 2.24) is 0 Å². The Hall–Kier alpha value is -1.47. The maximum Gasteiger partial charge on any atom is 0.578 e. The molecule has 15 nitrogen and oxygen atoms in total. The molecule has 0 aromatic carbocycles. The molecule has 1 heterocycles. The van der Waals surface area contributed by atoms with Crippen molar-refractivity contribution in [3.05, 3.63) is 32.2 Å². The first-order chi connectivity index (χ1) is 8.26. The van der Waals surface area contributed by atoms with Crippen LogP contribution in [0.4, 0.5) is 0 Å². The van der Waals surface area contributed by atoms with Crippen LogP contribution >= 0.6 is 0 Å². The van der Waals surface area contributed by atoms with Gasteiger partial charge < -0.3 is 15.6 Å². The zero-order chi connectivity index (χ0) is 15.2. The molecule has 0 fully saturated rings. The van der Waals surface area contributed by atoms with Crippen LogP contribution in [0.15, 0.2) is 16.6 Å². The lowest BCUT2D eigenvalue weighted by Gasteiger charge is -2.29. The van der Waals surface area contributed by atoms with Gasteiger partial charge in [0.1, 0.15) is 0 Å². The molecule has 0 aliphatic carbocycles. The summed E-state index contributed by atoms with van der Waals surface area (Å²) in [5.74, 6) is -3.87. The van der Waals surface area contributed by atoms with Crippen LogP contribution in [0.25, 0.3) is 0 Å². The van der Waals surface area contributed by atoms with E-state index in [0.29, 0.717) is 0 Å². The van der Waals surface area contributed by atoms with Gasteiger partial charge in [0, 0.05) is 9.88 Å². The van der Waals surface area contributed by atoms with Crippen molar-refractivity contribution in [2.45, 2.75) is 6.17 Å². The molecule has 0 aromatic heterocycles. The fourth-order valence-electron chi connectivity index (χ4n) is 1.17. The third-order valence-corrected chi connectivity index (χ3v) is 1.88. The molecule has 0 radical (unpaired) electrons. The molecule has 1 rings (SSSR count). The highest BCUT2D eigenvalue weighted by atomic mass is 17.1. The molecule has 1 unspecified atom stereocenters. The molecule has 15 heteroatoms. The Morgan fingerprint density at radius 1 is 1.05 bits per heavy atom. The van der Waals surface area contributed by atoms with Gasteiger partial charge in [-0.2, -0.15) is 36.2 Å². The molecule has 0 aromatic rings. The Morgan fingerprint density at radius 2 is 1.53 bits per heavy atom. The summed E-state index contributed by atoms with van der Waals surface area (Å²) in [5, 5.41) is 84.0. The van der Waals surface area contributed by atoms with Crippen LogP contribution in [-0.2, 0) is 0 Å². The first kappa shape index (κ1) is 15.6. The maximum absolute atomic E-state index is 11.4. The molecule has 0 bridgehead atoms. The van der Waals surface area contributed by atoms with Crippen molar-refractivity contribution < 1.29 is 50.9 Å². The normalized spacial score (nSPS) is 22.2. The minimum atomic E-state index is -3.67. The number of nitrogens with zero attached hydrogens (tertiary/aromatic N) is 5. The number of rotatable bonds is 3. The highest BCUT2D eigenvalue weighted by molar-refractivity contribution is 5.62. The second-order valence-corrected chi connectivity index (χ2v) is 3.34. The third kappa shape index (κ3) is 3.10. The smallest absolute Gasteiger partial charge is 0.559 e. The lowest BCUT2D eigenvalue weighted by atomic mass is 10.4. The average Bonchev–Trinajstić information content (AvgIpc) is 2.11. The summed E-state index contributed by atoms with van der Waals surface area (Å²) in [6, 6.07) is 0. The topological polar surface area (TPSA) is 223 Å². The van der Waals surface area contributed by atoms with Crippen molar-refractivity contribution in [2.24, 2.45) is 4.99 Å². The summed E-state index contributed by atoms with van der Waals surface area (Å²) in [6.07, 6.45) is -2.54. The minimum absolute atomic E-state index is 0.0752. The van der Waals surface area contributed by atoms with Crippen LogP contribution in [0.3, 0.4) is 0 Å². The molecule has 1 aliphatic heterocycles. The number of aliphatic imine (C=N–C) groups is 1. The molecule has 1 atom stereocenters. The van der Waals surface area contributed by atoms with E-state index in [9.17, 15) is 20.5 Å². The molecule has 0 spiro atoms. The summed E-state index contributed by atoms with van der Waals surface area (Å²) in [5.41, 5.74) is 0. The van der Waals surface area contributed by atoms with Crippen molar-refractivity contribution >= 4 is 6.21 Å². The summed E-state index contributed by atoms with van der Waals surface area (Å²) < 4.78 is -1.03. The van der Waals surface area contributed by atoms with Crippen LogP contribution in [0.2, 0.25) is 0 Å². The van der Waals surface area contributed by atoms with Crippen molar-refractivity contribution in [3.8, 4) is 0 Å². The second kappa shape index (κ2) is 4.28. The molecule has 108 valence electrons. The van der Waals surface area contributed by atoms with Gasteiger partial charge in [-0.3, -0.25) is 0 Å². The molecule has 6 N–H and O–H groups in total. The van der Waals surface area contributed by atoms with Crippen molar-refractivity contribution in [2.75, 3.05) is 0 Å². The van der Waals surface area contributed by atoms with Gasteiger partial charge in [-0.25, -0.2) is 0 Å². The summed E-state index contributed by atoms with van der Waals surface area (Å²) in [6.45, 7) is 0. The van der Waals surface area contributed by atoms with E-state index in [1.165, 1.54) is 0 Å². The fraction of sp³-hybridized carbons (Fsp3) is 0.250. The van der Waals surface area contributed by atoms with E-state index >= 15 is 0 Å². The monoisotopic (exact) mass is 286 g/mol. The molecular formula is C4H8N5O10+.